The Morgan fingerprint density at radius 1 is 0.743 bits per heavy atom. The first kappa shape index (κ1) is 21.9. The molecule has 0 heterocycles. The Hall–Kier alpha value is -4.97. The molecule has 0 saturated heterocycles. The average Bonchev–Trinajstić information content (AvgIpc) is 2.87. The lowest BCUT2D eigenvalue weighted by molar-refractivity contribution is -0.274. The highest BCUT2D eigenvalue weighted by molar-refractivity contribution is 6.30. The number of carbonyl (C=O) groups excluding carboxylic acids is 2. The van der Waals surface area contributed by atoms with Crippen LogP contribution >= 0.6 is 0 Å². The smallest absolute Gasteiger partial charge is 0.339 e. The molecule has 0 unspecified atom stereocenters. The van der Waals surface area contributed by atoms with Gasteiger partial charge in [-0.25, -0.2) is 4.79 Å². The summed E-state index contributed by atoms with van der Waals surface area (Å²) < 4.78 is 0. The van der Waals surface area contributed by atoms with Crippen molar-refractivity contribution in [3.8, 4) is 5.75 Å². The van der Waals surface area contributed by atoms with Gasteiger partial charge in [0.1, 0.15) is 5.57 Å². The number of Topliss-reactive ketones (excluding diaryl/α,β-unsaturated/α-hetero) is 1. The van der Waals surface area contributed by atoms with Gasteiger partial charge < -0.3 is 20.1 Å². The summed E-state index contributed by atoms with van der Waals surface area (Å²) >= 11 is 0. The molecule has 4 aromatic carbocycles. The lowest BCUT2D eigenvalue weighted by atomic mass is 9.80. The van der Waals surface area contributed by atoms with Crippen LogP contribution < -0.4 is 10.2 Å². The van der Waals surface area contributed by atoms with Crippen LogP contribution in [-0.2, 0) is 4.79 Å². The maximum absolute atomic E-state index is 12.9. The summed E-state index contributed by atoms with van der Waals surface area (Å²) in [5.74, 6) is -4.26. The van der Waals surface area contributed by atoms with Crippen LogP contribution in [0.3, 0.4) is 0 Å². The van der Waals surface area contributed by atoms with Crippen molar-refractivity contribution in [2.75, 3.05) is 0 Å². The van der Waals surface area contributed by atoms with Gasteiger partial charge in [-0.05, 0) is 56.3 Å². The van der Waals surface area contributed by atoms with Gasteiger partial charge in [-0.15, -0.1) is 0 Å². The van der Waals surface area contributed by atoms with E-state index in [1.54, 1.807) is 66.7 Å². The van der Waals surface area contributed by atoms with E-state index in [2.05, 4.69) is 0 Å². The molecule has 1 aliphatic rings. The Morgan fingerprint density at radius 3 is 2.00 bits per heavy atom. The molecule has 5 rings (SSSR count). The third-order valence-electron chi connectivity index (χ3n) is 6.04. The summed E-state index contributed by atoms with van der Waals surface area (Å²) in [7, 11) is 0. The highest BCUT2D eigenvalue weighted by atomic mass is 16.4. The fourth-order valence-corrected chi connectivity index (χ4v) is 4.48. The van der Waals surface area contributed by atoms with Crippen molar-refractivity contribution in [3.05, 3.63) is 124 Å². The van der Waals surface area contributed by atoms with Crippen LogP contribution in [0.5, 0.6) is 5.75 Å². The molecule has 6 heteroatoms. The number of benzene rings is 4. The predicted octanol–water partition coefficient (Wildman–Crippen LogP) is 3.44. The van der Waals surface area contributed by atoms with Gasteiger partial charge in [0.15, 0.2) is 0 Å². The molecule has 0 fully saturated rings. The first-order valence-electron chi connectivity index (χ1n) is 10.7. The quantitative estimate of drug-likeness (QED) is 0.466. The Labute approximate surface area is 199 Å². The fraction of sp³-hybridized carbons (Fsp3) is 0. The Kier molecular flexibility index (Phi) is 5.26. The number of carbonyl (C=O) groups is 3. The van der Waals surface area contributed by atoms with Crippen molar-refractivity contribution in [1.82, 2.24) is 0 Å². The zero-order chi connectivity index (χ0) is 24.7. The van der Waals surface area contributed by atoms with E-state index in [0.717, 1.165) is 0 Å². The van der Waals surface area contributed by atoms with E-state index >= 15 is 0 Å². The lowest BCUT2D eigenvalue weighted by Gasteiger charge is -2.25. The molecule has 1 N–H and O–H groups in total. The Bertz CT molecular complexity index is 1610. The molecule has 0 atom stereocenters. The first-order chi connectivity index (χ1) is 16.9. The number of aliphatic carboxylic acids is 1. The molecular formula is C29H16O6-2. The zero-order valence-electron chi connectivity index (χ0n) is 18.1. The second-order valence-electron chi connectivity index (χ2n) is 8.03. The van der Waals surface area contributed by atoms with E-state index in [4.69, 9.17) is 0 Å². The van der Waals surface area contributed by atoms with Crippen LogP contribution in [0.2, 0.25) is 0 Å². The minimum atomic E-state index is -1.61. The fourth-order valence-electron chi connectivity index (χ4n) is 4.48. The molecule has 0 amide bonds. The largest absolute Gasteiger partial charge is 0.872 e. The highest BCUT2D eigenvalue weighted by Gasteiger charge is 2.30. The van der Waals surface area contributed by atoms with Crippen LogP contribution in [0.25, 0.3) is 21.9 Å². The van der Waals surface area contributed by atoms with E-state index in [0.29, 0.717) is 33.2 Å². The van der Waals surface area contributed by atoms with Gasteiger partial charge in [0.05, 0.1) is 5.97 Å². The number of rotatable bonds is 4. The molecule has 0 radical (unpaired) electrons. The molecule has 0 aromatic heterocycles. The van der Waals surface area contributed by atoms with Gasteiger partial charge >= 0.3 is 5.97 Å². The van der Waals surface area contributed by atoms with Crippen LogP contribution in [0, 0.1) is 0 Å². The molecule has 4 aromatic rings. The third kappa shape index (κ3) is 3.57. The van der Waals surface area contributed by atoms with Crippen LogP contribution in [0.15, 0.2) is 96.6 Å². The number of allylic oxidation sites excluding steroid dienone is 2. The van der Waals surface area contributed by atoms with Crippen molar-refractivity contribution < 1.29 is 29.7 Å². The molecule has 0 bridgehead atoms. The molecule has 170 valence electrons. The average molecular weight is 460 g/mol. The number of ketones is 1. The van der Waals surface area contributed by atoms with Crippen molar-refractivity contribution in [3.63, 3.8) is 0 Å². The number of hydrogen-bond acceptors (Lipinski definition) is 5. The molecule has 6 nitrogen and oxygen atoms in total. The summed E-state index contributed by atoms with van der Waals surface area (Å²) in [6, 6.07) is 23.5. The molecule has 0 spiro atoms. The third-order valence-corrected chi connectivity index (χ3v) is 6.04. The van der Waals surface area contributed by atoms with E-state index in [9.17, 15) is 29.7 Å². The topological polar surface area (TPSA) is 118 Å². The standard InChI is InChI=1S/C29H18O6/c30-26-19-12-6-4-10-17(19)21(14-23(26)28(32)33)25(16-8-2-1-3-9-16)22-15-24(29(34)35)27(31)20-13-7-5-11-18(20)22/h1-15,30H,(H,32,33)(H,34,35)/p-2/b25-22+. The van der Waals surface area contributed by atoms with E-state index in [-0.39, 0.29) is 10.9 Å². The number of fused-ring (bicyclic) bond motifs is 2. The monoisotopic (exact) mass is 460 g/mol. The number of carboxylic acids is 2. The summed E-state index contributed by atoms with van der Waals surface area (Å²) in [4.78, 5) is 36.8. The van der Waals surface area contributed by atoms with E-state index < -0.39 is 34.6 Å². The molecule has 1 aliphatic carbocycles. The van der Waals surface area contributed by atoms with Gasteiger partial charge in [0, 0.05) is 5.56 Å². The zero-order valence-corrected chi connectivity index (χ0v) is 18.1. The van der Waals surface area contributed by atoms with Crippen molar-refractivity contribution >= 4 is 39.6 Å². The second kappa shape index (κ2) is 8.43. The number of hydrogen-bond donors (Lipinski definition) is 1. The molecule has 0 saturated carbocycles. The van der Waals surface area contributed by atoms with Gasteiger partial charge in [0.2, 0.25) is 5.78 Å². The second-order valence-corrected chi connectivity index (χ2v) is 8.03. The highest BCUT2D eigenvalue weighted by Crippen LogP contribution is 2.42. The SMILES string of the molecule is O=C(O)C1=C/C(=C(/c2ccccc2)c2cc(C(=O)[O-])c([O-])c3ccccc23)c2ccccc2C1=O. The van der Waals surface area contributed by atoms with Gasteiger partial charge in [-0.1, -0.05) is 84.6 Å². The number of aromatic carboxylic acids is 1. The normalized spacial score (nSPS) is 14.3. The summed E-state index contributed by atoms with van der Waals surface area (Å²) in [6.45, 7) is 0. The molecular weight excluding hydrogens is 444 g/mol. The predicted molar refractivity (Wildman–Crippen MR) is 127 cm³/mol. The number of carboxylic acid groups (broad SMARTS) is 2. The Morgan fingerprint density at radius 2 is 1.34 bits per heavy atom. The van der Waals surface area contributed by atoms with Crippen molar-refractivity contribution in [1.29, 1.82) is 0 Å². The van der Waals surface area contributed by atoms with Gasteiger partial charge in [-0.3, -0.25) is 4.79 Å². The van der Waals surface area contributed by atoms with Gasteiger partial charge in [-0.2, -0.15) is 0 Å². The minimum Gasteiger partial charge on any atom is -0.872 e. The summed E-state index contributed by atoms with van der Waals surface area (Å²) in [5, 5.41) is 35.2. The molecule has 0 aliphatic heterocycles. The van der Waals surface area contributed by atoms with Crippen LogP contribution in [0.4, 0.5) is 0 Å². The molecule has 35 heavy (non-hydrogen) atoms. The van der Waals surface area contributed by atoms with E-state index in [1.165, 1.54) is 18.2 Å². The maximum atomic E-state index is 12.9. The summed E-state index contributed by atoms with van der Waals surface area (Å²) in [6.07, 6.45) is 1.31. The van der Waals surface area contributed by atoms with Gasteiger partial charge in [0.25, 0.3) is 0 Å². The Balaban J connectivity index is 2.01. The van der Waals surface area contributed by atoms with E-state index in [1.807, 2.05) is 6.07 Å². The van der Waals surface area contributed by atoms with Crippen LogP contribution in [0.1, 0.15) is 37.4 Å². The van der Waals surface area contributed by atoms with Crippen molar-refractivity contribution in [2.45, 2.75) is 0 Å². The first-order valence-corrected chi connectivity index (χ1v) is 10.7. The summed E-state index contributed by atoms with van der Waals surface area (Å²) in [5.41, 5.74) is 1.80. The minimum absolute atomic E-state index is 0.195. The lowest BCUT2D eigenvalue weighted by Crippen LogP contribution is -2.24. The maximum Gasteiger partial charge on any atom is 0.339 e. The van der Waals surface area contributed by atoms with Crippen molar-refractivity contribution in [2.24, 2.45) is 0 Å². The van der Waals surface area contributed by atoms with Crippen LogP contribution in [-0.4, -0.2) is 22.8 Å².